The van der Waals surface area contributed by atoms with E-state index < -0.39 is 5.82 Å². The van der Waals surface area contributed by atoms with Crippen molar-refractivity contribution >= 4 is 11.6 Å². The molecule has 0 aromatic heterocycles. The van der Waals surface area contributed by atoms with Crippen molar-refractivity contribution < 1.29 is 13.9 Å². The molecule has 1 heterocycles. The van der Waals surface area contributed by atoms with Gasteiger partial charge in [0.1, 0.15) is 23.4 Å². The number of fused-ring (bicyclic) bond motifs is 1. The molecule has 3 nitrogen and oxygen atoms in total. The third kappa shape index (κ3) is 2.57. The SMILES string of the molecule is COc1cc2c(c(-c3ccc(F)c(Cl)c3)c1)OC(CN)C2. The van der Waals surface area contributed by atoms with Gasteiger partial charge in [0.25, 0.3) is 0 Å². The summed E-state index contributed by atoms with van der Waals surface area (Å²) in [7, 11) is 1.61. The van der Waals surface area contributed by atoms with E-state index in [4.69, 9.17) is 26.8 Å². The molecule has 0 spiro atoms. The third-order valence-electron chi connectivity index (χ3n) is 3.60. The lowest BCUT2D eigenvalue weighted by Crippen LogP contribution is -2.24. The van der Waals surface area contributed by atoms with Crippen molar-refractivity contribution in [3.8, 4) is 22.6 Å². The highest BCUT2D eigenvalue weighted by atomic mass is 35.5. The molecule has 0 saturated carbocycles. The molecule has 0 amide bonds. The molecule has 1 unspecified atom stereocenters. The number of nitrogens with two attached hydrogens (primary N) is 1. The Kier molecular flexibility index (Phi) is 3.74. The van der Waals surface area contributed by atoms with Gasteiger partial charge in [-0.05, 0) is 29.8 Å². The van der Waals surface area contributed by atoms with Gasteiger partial charge in [-0.15, -0.1) is 0 Å². The molecular weight excluding hydrogens is 293 g/mol. The van der Waals surface area contributed by atoms with Crippen LogP contribution in [0.4, 0.5) is 4.39 Å². The minimum Gasteiger partial charge on any atom is -0.497 e. The molecule has 2 N–H and O–H groups in total. The predicted molar refractivity (Wildman–Crippen MR) is 80.6 cm³/mol. The number of ether oxygens (including phenoxy) is 2. The summed E-state index contributed by atoms with van der Waals surface area (Å²) >= 11 is 5.88. The van der Waals surface area contributed by atoms with Crippen molar-refractivity contribution in [2.24, 2.45) is 5.73 Å². The molecule has 1 aliphatic rings. The Hall–Kier alpha value is -1.78. The van der Waals surface area contributed by atoms with E-state index in [1.165, 1.54) is 6.07 Å². The average Bonchev–Trinajstić information content (AvgIpc) is 2.92. The van der Waals surface area contributed by atoms with E-state index in [0.717, 1.165) is 34.6 Å². The maximum absolute atomic E-state index is 13.3. The quantitative estimate of drug-likeness (QED) is 0.945. The van der Waals surface area contributed by atoms with Crippen molar-refractivity contribution in [2.45, 2.75) is 12.5 Å². The van der Waals surface area contributed by atoms with Gasteiger partial charge in [0, 0.05) is 24.1 Å². The zero-order chi connectivity index (χ0) is 15.0. The molecule has 1 atom stereocenters. The van der Waals surface area contributed by atoms with E-state index in [1.54, 1.807) is 19.2 Å². The molecule has 1 aliphatic heterocycles. The monoisotopic (exact) mass is 307 g/mol. The summed E-state index contributed by atoms with van der Waals surface area (Å²) in [4.78, 5) is 0. The van der Waals surface area contributed by atoms with Gasteiger partial charge in [-0.2, -0.15) is 0 Å². The van der Waals surface area contributed by atoms with Crippen LogP contribution in [0.2, 0.25) is 5.02 Å². The van der Waals surface area contributed by atoms with Gasteiger partial charge in [0.2, 0.25) is 0 Å². The van der Waals surface area contributed by atoms with Crippen LogP contribution in [0, 0.1) is 5.82 Å². The highest BCUT2D eigenvalue weighted by Crippen LogP contribution is 2.42. The van der Waals surface area contributed by atoms with Gasteiger partial charge >= 0.3 is 0 Å². The maximum atomic E-state index is 13.3. The van der Waals surface area contributed by atoms with Crippen molar-refractivity contribution in [2.75, 3.05) is 13.7 Å². The van der Waals surface area contributed by atoms with Crippen LogP contribution in [0.15, 0.2) is 30.3 Å². The number of rotatable bonds is 3. The Bertz CT molecular complexity index is 690. The fourth-order valence-corrected chi connectivity index (χ4v) is 2.71. The summed E-state index contributed by atoms with van der Waals surface area (Å²) in [5.74, 6) is 1.06. The van der Waals surface area contributed by atoms with Crippen LogP contribution < -0.4 is 15.2 Å². The van der Waals surface area contributed by atoms with Crippen LogP contribution in [0.25, 0.3) is 11.1 Å². The summed E-state index contributed by atoms with van der Waals surface area (Å²) in [5, 5.41) is 0.0810. The van der Waals surface area contributed by atoms with E-state index in [0.29, 0.717) is 6.54 Å². The summed E-state index contributed by atoms with van der Waals surface area (Å²) in [6, 6.07) is 8.42. The van der Waals surface area contributed by atoms with E-state index in [1.807, 2.05) is 12.1 Å². The molecule has 110 valence electrons. The van der Waals surface area contributed by atoms with Crippen molar-refractivity contribution in [1.82, 2.24) is 0 Å². The first kappa shape index (κ1) is 14.2. The first-order valence-corrected chi connectivity index (χ1v) is 7.03. The Morgan fingerprint density at radius 1 is 1.38 bits per heavy atom. The maximum Gasteiger partial charge on any atom is 0.141 e. The van der Waals surface area contributed by atoms with Gasteiger partial charge in [-0.1, -0.05) is 17.7 Å². The molecule has 2 aromatic carbocycles. The van der Waals surface area contributed by atoms with E-state index in [9.17, 15) is 4.39 Å². The number of hydrogen-bond donors (Lipinski definition) is 1. The number of methoxy groups -OCH3 is 1. The number of benzene rings is 2. The summed E-state index contributed by atoms with van der Waals surface area (Å²) in [5.41, 5.74) is 8.35. The summed E-state index contributed by atoms with van der Waals surface area (Å²) in [6.45, 7) is 0.445. The van der Waals surface area contributed by atoms with E-state index >= 15 is 0 Å². The van der Waals surface area contributed by atoms with Gasteiger partial charge in [0.15, 0.2) is 0 Å². The second-order valence-electron chi connectivity index (χ2n) is 4.97. The molecular formula is C16H15ClFNO2. The molecule has 0 radical (unpaired) electrons. The largest absolute Gasteiger partial charge is 0.497 e. The topological polar surface area (TPSA) is 44.5 Å². The first-order chi connectivity index (χ1) is 10.1. The van der Waals surface area contributed by atoms with Crippen LogP contribution in [0.3, 0.4) is 0 Å². The molecule has 0 bridgehead atoms. The molecule has 0 fully saturated rings. The predicted octanol–water partition coefficient (Wildman–Crippen LogP) is 3.42. The molecule has 3 rings (SSSR count). The highest BCUT2D eigenvalue weighted by molar-refractivity contribution is 6.31. The fraction of sp³-hybridized carbons (Fsp3) is 0.250. The molecule has 2 aromatic rings. The van der Waals surface area contributed by atoms with E-state index in [2.05, 4.69) is 0 Å². The van der Waals surface area contributed by atoms with Gasteiger partial charge in [0.05, 0.1) is 12.1 Å². The Labute approximate surface area is 127 Å². The average molecular weight is 308 g/mol. The zero-order valence-electron chi connectivity index (χ0n) is 11.5. The molecule has 21 heavy (non-hydrogen) atoms. The van der Waals surface area contributed by atoms with Crippen molar-refractivity contribution in [3.63, 3.8) is 0 Å². The third-order valence-corrected chi connectivity index (χ3v) is 3.89. The van der Waals surface area contributed by atoms with Crippen LogP contribution in [0.5, 0.6) is 11.5 Å². The number of hydrogen-bond acceptors (Lipinski definition) is 3. The lowest BCUT2D eigenvalue weighted by molar-refractivity contribution is 0.242. The summed E-state index contributed by atoms with van der Waals surface area (Å²) in [6.07, 6.45) is 0.701. The van der Waals surface area contributed by atoms with Crippen molar-refractivity contribution in [1.29, 1.82) is 0 Å². The smallest absolute Gasteiger partial charge is 0.141 e. The molecule has 0 saturated heterocycles. The van der Waals surface area contributed by atoms with Gasteiger partial charge in [-0.3, -0.25) is 0 Å². The van der Waals surface area contributed by atoms with Gasteiger partial charge < -0.3 is 15.2 Å². The Balaban J connectivity index is 2.13. The second kappa shape index (κ2) is 5.54. The zero-order valence-corrected chi connectivity index (χ0v) is 12.3. The Morgan fingerprint density at radius 3 is 2.86 bits per heavy atom. The first-order valence-electron chi connectivity index (χ1n) is 6.65. The summed E-state index contributed by atoms with van der Waals surface area (Å²) < 4.78 is 24.6. The van der Waals surface area contributed by atoms with Crippen LogP contribution in [-0.2, 0) is 6.42 Å². The van der Waals surface area contributed by atoms with E-state index in [-0.39, 0.29) is 11.1 Å². The van der Waals surface area contributed by atoms with Crippen LogP contribution in [0.1, 0.15) is 5.56 Å². The standard InChI is InChI=1S/C16H15ClFNO2/c1-20-11-4-10-5-12(8-19)21-16(10)13(7-11)9-2-3-15(18)14(17)6-9/h2-4,6-7,12H,5,8,19H2,1H3. The lowest BCUT2D eigenvalue weighted by Gasteiger charge is -2.13. The van der Waals surface area contributed by atoms with Crippen LogP contribution >= 0.6 is 11.6 Å². The normalized spacial score (nSPS) is 16.5. The Morgan fingerprint density at radius 2 is 2.19 bits per heavy atom. The lowest BCUT2D eigenvalue weighted by atomic mass is 10.00. The minimum absolute atomic E-state index is 0.0400. The molecule has 5 heteroatoms. The number of halogens is 2. The minimum atomic E-state index is -0.444. The van der Waals surface area contributed by atoms with Crippen molar-refractivity contribution in [3.05, 3.63) is 46.7 Å². The highest BCUT2D eigenvalue weighted by Gasteiger charge is 2.26. The fourth-order valence-electron chi connectivity index (χ4n) is 2.53. The van der Waals surface area contributed by atoms with Gasteiger partial charge in [-0.25, -0.2) is 4.39 Å². The van der Waals surface area contributed by atoms with Crippen LogP contribution in [-0.4, -0.2) is 19.8 Å². The second-order valence-corrected chi connectivity index (χ2v) is 5.38. The molecule has 0 aliphatic carbocycles.